The van der Waals surface area contributed by atoms with Crippen molar-refractivity contribution in [3.05, 3.63) is 29.2 Å². The van der Waals surface area contributed by atoms with E-state index in [1.807, 2.05) is 18.2 Å². The molecule has 0 atom stereocenters. The van der Waals surface area contributed by atoms with E-state index in [0.717, 1.165) is 33.7 Å². The zero-order valence-electron chi connectivity index (χ0n) is 5.56. The van der Waals surface area contributed by atoms with Gasteiger partial charge in [-0.2, -0.15) is 0 Å². The number of nitroso groups, excluding NO2 is 1. The number of nitrogens with two attached hydrogens (primary N) is 1. The Morgan fingerprint density at radius 3 is 2.45 bits per heavy atom. The van der Waals surface area contributed by atoms with Gasteiger partial charge in [0, 0.05) is 14.4 Å². The van der Waals surface area contributed by atoms with Crippen LogP contribution in [0.15, 0.2) is 38.6 Å². The van der Waals surface area contributed by atoms with E-state index in [9.17, 15) is 4.91 Å². The van der Waals surface area contributed by atoms with Gasteiger partial charge < -0.3 is 0 Å². The molecule has 0 aromatic heterocycles. The highest BCUT2D eigenvalue weighted by Gasteiger charge is 2.00. The van der Waals surface area contributed by atoms with Gasteiger partial charge in [-0.1, -0.05) is 12.1 Å². The topological polar surface area (TPSA) is 55.4 Å². The Bertz CT molecular complexity index is 254. The van der Waals surface area contributed by atoms with Crippen molar-refractivity contribution in [3.63, 3.8) is 0 Å². The van der Waals surface area contributed by atoms with Crippen LogP contribution in [0, 0.1) is 4.91 Å². The van der Waals surface area contributed by atoms with Gasteiger partial charge in [0.15, 0.2) is 0 Å². The Hall–Kier alpha value is -0.520. The molecule has 0 bridgehead atoms. The molecule has 0 radical (unpaired) electrons. The minimum Gasteiger partial charge on any atom is -0.274 e. The lowest BCUT2D eigenvalue weighted by Gasteiger charge is -1.98. The summed E-state index contributed by atoms with van der Waals surface area (Å²) in [6, 6.07) is 7.36. The molecule has 0 aliphatic heterocycles. The third-order valence-corrected chi connectivity index (χ3v) is 2.48. The molecule has 0 fully saturated rings. The molecule has 1 aromatic rings. The van der Waals surface area contributed by atoms with Crippen LogP contribution >= 0.6 is 23.9 Å². The largest absolute Gasteiger partial charge is 0.274 e. The van der Waals surface area contributed by atoms with Crippen LogP contribution in [0.25, 0.3) is 0 Å². The molecule has 3 nitrogen and oxygen atoms in total. The predicted octanol–water partition coefficient (Wildman–Crippen LogP) is 2.43. The third kappa shape index (κ3) is 2.21. The second-order valence-corrected chi connectivity index (χ2v) is 3.18. The van der Waals surface area contributed by atoms with Gasteiger partial charge in [-0.15, -0.1) is 4.91 Å². The van der Waals surface area contributed by atoms with E-state index in [0.29, 0.717) is 0 Å². The van der Waals surface area contributed by atoms with Crippen molar-refractivity contribution < 1.29 is 0 Å². The lowest BCUT2D eigenvalue weighted by molar-refractivity contribution is 1.25. The maximum Gasteiger partial charge on any atom is 0.0582 e. The van der Waals surface area contributed by atoms with Crippen molar-refractivity contribution in [3.8, 4) is 0 Å². The van der Waals surface area contributed by atoms with Crippen molar-refractivity contribution in [2.24, 2.45) is 9.72 Å². The van der Waals surface area contributed by atoms with Crippen LogP contribution in [0.5, 0.6) is 0 Å². The first kappa shape index (κ1) is 8.58. The Morgan fingerprint density at radius 1 is 1.27 bits per heavy atom. The lowest BCUT2D eigenvalue weighted by Crippen LogP contribution is -1.81. The molecule has 11 heavy (non-hydrogen) atoms. The van der Waals surface area contributed by atoms with Crippen LogP contribution < -0.4 is 5.14 Å². The second kappa shape index (κ2) is 4.38. The van der Waals surface area contributed by atoms with Crippen LogP contribution in [-0.2, 0) is 0 Å². The summed E-state index contributed by atoms with van der Waals surface area (Å²) >= 11 is 2.01. The van der Waals surface area contributed by atoms with Gasteiger partial charge in [0.1, 0.15) is 0 Å². The van der Waals surface area contributed by atoms with Crippen molar-refractivity contribution in [2.75, 3.05) is 0 Å². The quantitative estimate of drug-likeness (QED) is 0.581. The average Bonchev–Trinajstić information content (AvgIpc) is 2.06. The van der Waals surface area contributed by atoms with E-state index in [1.165, 1.54) is 0 Å². The predicted molar refractivity (Wildman–Crippen MR) is 48.1 cm³/mol. The van der Waals surface area contributed by atoms with Crippen molar-refractivity contribution >= 4 is 23.9 Å². The Kier molecular flexibility index (Phi) is 3.41. The molecule has 0 aliphatic rings. The van der Waals surface area contributed by atoms with Gasteiger partial charge in [0.2, 0.25) is 0 Å². The number of nitrogens with zero attached hydrogens (tertiary/aromatic N) is 1. The fraction of sp³-hybridized carbons (Fsp3) is 0. The Balaban J connectivity index is 2.92. The van der Waals surface area contributed by atoms with Gasteiger partial charge in [0.25, 0.3) is 0 Å². The lowest BCUT2D eigenvalue weighted by atomic mass is 10.4. The van der Waals surface area contributed by atoms with Crippen LogP contribution in [-0.4, -0.2) is 0 Å². The summed E-state index contributed by atoms with van der Waals surface area (Å²) in [4.78, 5) is 11.6. The van der Waals surface area contributed by atoms with Gasteiger partial charge in [-0.05, 0) is 24.1 Å². The molecule has 0 amide bonds. The molecule has 0 heterocycles. The molecule has 0 unspecified atom stereocenters. The zero-order chi connectivity index (χ0) is 8.10. The standard InChI is InChI=1S/C6H6N2OS2/c7-10-5-3-1-2-4-6(5)11-8-9/h1-4H,7H2. The molecule has 1 aromatic carbocycles. The van der Waals surface area contributed by atoms with Crippen LogP contribution in [0.2, 0.25) is 0 Å². The van der Waals surface area contributed by atoms with Gasteiger partial charge in [-0.3, -0.25) is 5.14 Å². The smallest absolute Gasteiger partial charge is 0.0582 e. The fourth-order valence-corrected chi connectivity index (χ4v) is 1.64. The first-order chi connectivity index (χ1) is 5.38. The second-order valence-electron chi connectivity index (χ2n) is 1.73. The number of hydrogen-bond acceptors (Lipinski definition) is 5. The first-order valence-electron chi connectivity index (χ1n) is 2.84. The van der Waals surface area contributed by atoms with Gasteiger partial charge >= 0.3 is 0 Å². The zero-order valence-corrected chi connectivity index (χ0v) is 7.19. The molecular formula is C6H6N2OS2. The van der Waals surface area contributed by atoms with Crippen LogP contribution in [0.1, 0.15) is 0 Å². The number of hydrogen-bond donors (Lipinski definition) is 1. The average molecular weight is 186 g/mol. The normalized spacial score (nSPS) is 9.55. The molecule has 1 rings (SSSR count). The highest BCUT2D eigenvalue weighted by atomic mass is 32.2. The molecule has 0 saturated carbocycles. The SMILES string of the molecule is NSc1ccccc1SN=O. The Labute approximate surface area is 73.0 Å². The number of benzene rings is 1. The summed E-state index contributed by atoms with van der Waals surface area (Å²) in [5.74, 6) is 0. The maximum absolute atomic E-state index is 9.91. The molecule has 0 spiro atoms. The molecular weight excluding hydrogens is 180 g/mol. The van der Waals surface area contributed by atoms with Crippen molar-refractivity contribution in [2.45, 2.75) is 9.79 Å². The summed E-state index contributed by atoms with van der Waals surface area (Å²) in [5, 5.41) is 5.34. The molecule has 0 aliphatic carbocycles. The van der Waals surface area contributed by atoms with Crippen molar-refractivity contribution in [1.29, 1.82) is 0 Å². The van der Waals surface area contributed by atoms with E-state index in [1.54, 1.807) is 6.07 Å². The van der Waals surface area contributed by atoms with Crippen LogP contribution in [0.4, 0.5) is 0 Å². The molecule has 5 heteroatoms. The Morgan fingerprint density at radius 2 is 1.91 bits per heavy atom. The molecule has 2 N–H and O–H groups in total. The summed E-state index contributed by atoms with van der Waals surface area (Å²) in [6.07, 6.45) is 0. The first-order valence-corrected chi connectivity index (χ1v) is 4.49. The third-order valence-electron chi connectivity index (χ3n) is 1.11. The molecule has 0 saturated heterocycles. The highest BCUT2D eigenvalue weighted by molar-refractivity contribution is 8.00. The summed E-state index contributed by atoms with van der Waals surface area (Å²) in [5.41, 5.74) is 0. The van der Waals surface area contributed by atoms with E-state index in [4.69, 9.17) is 5.14 Å². The minimum atomic E-state index is 0.801. The fourth-order valence-electron chi connectivity index (χ4n) is 0.663. The summed E-state index contributed by atoms with van der Waals surface area (Å²) in [7, 11) is 0. The van der Waals surface area contributed by atoms with E-state index >= 15 is 0 Å². The van der Waals surface area contributed by atoms with Crippen molar-refractivity contribution in [1.82, 2.24) is 0 Å². The highest BCUT2D eigenvalue weighted by Crippen LogP contribution is 2.27. The summed E-state index contributed by atoms with van der Waals surface area (Å²) < 4.78 is 2.71. The van der Waals surface area contributed by atoms with Gasteiger partial charge in [0.05, 0.1) is 11.9 Å². The monoisotopic (exact) mass is 186 g/mol. The van der Waals surface area contributed by atoms with Gasteiger partial charge in [-0.25, -0.2) is 0 Å². The van der Waals surface area contributed by atoms with E-state index in [-0.39, 0.29) is 0 Å². The van der Waals surface area contributed by atoms with E-state index in [2.05, 4.69) is 4.58 Å². The number of rotatable bonds is 3. The van der Waals surface area contributed by atoms with Crippen LogP contribution in [0.3, 0.4) is 0 Å². The maximum atomic E-state index is 9.91. The molecule has 58 valence electrons. The summed E-state index contributed by atoms with van der Waals surface area (Å²) in [6.45, 7) is 0. The van der Waals surface area contributed by atoms with E-state index < -0.39 is 0 Å². The minimum absolute atomic E-state index is 0.801.